The van der Waals surface area contributed by atoms with Crippen molar-refractivity contribution in [3.05, 3.63) is 0 Å². The molecule has 0 spiro atoms. The van der Waals surface area contributed by atoms with E-state index in [9.17, 15) is 4.79 Å². The molecule has 0 aromatic rings. The summed E-state index contributed by atoms with van der Waals surface area (Å²) in [7, 11) is 1.59. The smallest absolute Gasteiger partial charge is 0.308 e. The van der Waals surface area contributed by atoms with Gasteiger partial charge in [-0.15, -0.1) is 0 Å². The quantitative estimate of drug-likeness (QED) is 0.388. The van der Waals surface area contributed by atoms with Crippen LogP contribution in [0.3, 0.4) is 0 Å². The number of esters is 1. The van der Waals surface area contributed by atoms with Crippen molar-refractivity contribution < 1.29 is 14.3 Å². The maximum absolute atomic E-state index is 11.1. The van der Waals surface area contributed by atoms with Crippen LogP contribution in [0.4, 0.5) is 0 Å². The van der Waals surface area contributed by atoms with E-state index >= 15 is 0 Å². The fourth-order valence-corrected chi connectivity index (χ4v) is 1.68. The predicted octanol–water partition coefficient (Wildman–Crippen LogP) is 3.71. The number of carbonyl (C=O) groups is 1. The monoisotopic (exact) mass is 244 g/mol. The van der Waals surface area contributed by atoms with Crippen molar-refractivity contribution in [1.29, 1.82) is 0 Å². The Bertz CT molecular complexity index is 169. The fourth-order valence-electron chi connectivity index (χ4n) is 1.68. The molecule has 0 atom stereocenters. The third kappa shape index (κ3) is 13.4. The van der Waals surface area contributed by atoms with Crippen molar-refractivity contribution in [2.24, 2.45) is 0 Å². The van der Waals surface area contributed by atoms with E-state index in [1.807, 2.05) is 0 Å². The van der Waals surface area contributed by atoms with Crippen LogP contribution in [0.5, 0.6) is 0 Å². The molecule has 3 nitrogen and oxygen atoms in total. The highest BCUT2D eigenvalue weighted by Gasteiger charge is 2.01. The zero-order chi connectivity index (χ0) is 12.8. The molecule has 0 saturated carbocycles. The number of methoxy groups -OCH3 is 1. The summed E-state index contributed by atoms with van der Waals surface area (Å²) >= 11 is 0. The molecule has 0 heterocycles. The molecule has 0 aromatic carbocycles. The molecule has 0 aromatic heterocycles. The molecule has 0 aliphatic rings. The minimum Gasteiger partial charge on any atom is -0.466 e. The molecule has 0 amide bonds. The van der Waals surface area contributed by atoms with Gasteiger partial charge in [-0.05, 0) is 6.42 Å². The molecule has 3 heteroatoms. The maximum Gasteiger partial charge on any atom is 0.308 e. The van der Waals surface area contributed by atoms with Crippen LogP contribution in [0.2, 0.25) is 0 Å². The Kier molecular flexibility index (Phi) is 13.0. The minimum atomic E-state index is -0.144. The van der Waals surface area contributed by atoms with Crippen molar-refractivity contribution in [2.45, 2.75) is 64.7 Å². The highest BCUT2D eigenvalue weighted by Crippen LogP contribution is 2.08. The van der Waals surface area contributed by atoms with Gasteiger partial charge in [0.15, 0.2) is 0 Å². The third-order valence-corrected chi connectivity index (χ3v) is 2.77. The summed E-state index contributed by atoms with van der Waals surface area (Å²) in [6, 6.07) is 0. The molecular formula is C14H28O3. The molecule has 0 saturated heterocycles. The molecule has 0 unspecified atom stereocenters. The van der Waals surface area contributed by atoms with Gasteiger partial charge in [-0.3, -0.25) is 4.79 Å². The van der Waals surface area contributed by atoms with Crippen LogP contribution in [0.1, 0.15) is 64.7 Å². The molecule has 0 rings (SSSR count). The largest absolute Gasteiger partial charge is 0.466 e. The lowest BCUT2D eigenvalue weighted by Crippen LogP contribution is -2.08. The van der Waals surface area contributed by atoms with Gasteiger partial charge < -0.3 is 9.47 Å². The van der Waals surface area contributed by atoms with Crippen molar-refractivity contribution in [3.8, 4) is 0 Å². The molecule has 0 fully saturated rings. The molecule has 0 N–H and O–H groups in total. The predicted molar refractivity (Wildman–Crippen MR) is 70.1 cm³/mol. The number of ether oxygens (including phenoxy) is 2. The Morgan fingerprint density at radius 3 is 2.06 bits per heavy atom. The van der Waals surface area contributed by atoms with E-state index in [-0.39, 0.29) is 5.97 Å². The third-order valence-electron chi connectivity index (χ3n) is 2.77. The van der Waals surface area contributed by atoms with Crippen LogP contribution in [-0.4, -0.2) is 26.3 Å². The lowest BCUT2D eigenvalue weighted by molar-refractivity contribution is -0.144. The average Bonchev–Trinajstić information content (AvgIpc) is 2.34. The molecule has 0 aliphatic carbocycles. The Balaban J connectivity index is 3.05. The van der Waals surface area contributed by atoms with Gasteiger partial charge in [0.2, 0.25) is 0 Å². The number of carbonyl (C=O) groups excluding carboxylic acids is 1. The summed E-state index contributed by atoms with van der Waals surface area (Å²) in [5.41, 5.74) is 0. The van der Waals surface area contributed by atoms with Crippen LogP contribution in [0, 0.1) is 0 Å². The highest BCUT2D eigenvalue weighted by molar-refractivity contribution is 5.69. The molecule has 17 heavy (non-hydrogen) atoms. The molecule has 0 bridgehead atoms. The Hall–Kier alpha value is -0.570. The second-order valence-corrected chi connectivity index (χ2v) is 4.44. The van der Waals surface area contributed by atoms with E-state index in [0.717, 1.165) is 6.42 Å². The number of hydrogen-bond donors (Lipinski definition) is 0. The molecular weight excluding hydrogens is 216 g/mol. The summed E-state index contributed by atoms with van der Waals surface area (Å²) < 4.78 is 9.87. The molecule has 0 aliphatic heterocycles. The van der Waals surface area contributed by atoms with Crippen molar-refractivity contribution in [3.63, 3.8) is 0 Å². The first-order valence-corrected chi connectivity index (χ1v) is 6.95. The minimum absolute atomic E-state index is 0.144. The Morgan fingerprint density at radius 1 is 0.882 bits per heavy atom. The summed E-state index contributed by atoms with van der Waals surface area (Å²) in [5.74, 6) is -0.144. The maximum atomic E-state index is 11.1. The first-order chi connectivity index (χ1) is 8.31. The zero-order valence-electron chi connectivity index (χ0n) is 11.5. The molecule has 0 radical (unpaired) electrons. The summed E-state index contributed by atoms with van der Waals surface area (Å²) in [6.07, 6.45) is 10.5. The van der Waals surface area contributed by atoms with Crippen LogP contribution >= 0.6 is 0 Å². The van der Waals surface area contributed by atoms with Gasteiger partial charge in [0.25, 0.3) is 0 Å². The van der Waals surface area contributed by atoms with Crippen molar-refractivity contribution in [2.75, 3.05) is 20.3 Å². The Morgan fingerprint density at radius 2 is 1.47 bits per heavy atom. The summed E-state index contributed by atoms with van der Waals surface area (Å²) in [4.78, 5) is 11.1. The topological polar surface area (TPSA) is 35.5 Å². The van der Waals surface area contributed by atoms with Gasteiger partial charge in [0.05, 0.1) is 19.6 Å². The lowest BCUT2D eigenvalue weighted by atomic mass is 10.1. The van der Waals surface area contributed by atoms with Gasteiger partial charge >= 0.3 is 5.97 Å². The first-order valence-electron chi connectivity index (χ1n) is 6.95. The van der Waals surface area contributed by atoms with E-state index in [1.165, 1.54) is 44.9 Å². The van der Waals surface area contributed by atoms with Gasteiger partial charge in [-0.2, -0.15) is 0 Å². The van der Waals surface area contributed by atoms with E-state index < -0.39 is 0 Å². The summed E-state index contributed by atoms with van der Waals surface area (Å²) in [5, 5.41) is 0. The second kappa shape index (κ2) is 13.5. The summed E-state index contributed by atoms with van der Waals surface area (Å²) in [6.45, 7) is 3.26. The fraction of sp³-hybridized carbons (Fsp3) is 0.929. The van der Waals surface area contributed by atoms with E-state index in [4.69, 9.17) is 9.47 Å². The Labute approximate surface area is 106 Å². The van der Waals surface area contributed by atoms with Crippen molar-refractivity contribution in [1.82, 2.24) is 0 Å². The van der Waals surface area contributed by atoms with E-state index in [0.29, 0.717) is 19.6 Å². The SMILES string of the molecule is CCCCCCCCCCOC(=O)CCOC. The highest BCUT2D eigenvalue weighted by atomic mass is 16.5. The van der Waals surface area contributed by atoms with Gasteiger partial charge in [0.1, 0.15) is 0 Å². The van der Waals surface area contributed by atoms with Gasteiger partial charge in [-0.25, -0.2) is 0 Å². The van der Waals surface area contributed by atoms with E-state index in [1.54, 1.807) is 7.11 Å². The van der Waals surface area contributed by atoms with Crippen LogP contribution < -0.4 is 0 Å². The average molecular weight is 244 g/mol. The van der Waals surface area contributed by atoms with Crippen molar-refractivity contribution >= 4 is 5.97 Å². The second-order valence-electron chi connectivity index (χ2n) is 4.44. The van der Waals surface area contributed by atoms with Crippen LogP contribution in [-0.2, 0) is 14.3 Å². The zero-order valence-corrected chi connectivity index (χ0v) is 11.5. The number of hydrogen-bond acceptors (Lipinski definition) is 3. The van der Waals surface area contributed by atoms with Gasteiger partial charge in [0, 0.05) is 7.11 Å². The number of unbranched alkanes of at least 4 members (excludes halogenated alkanes) is 7. The number of rotatable bonds is 12. The standard InChI is InChI=1S/C14H28O3/c1-3-4-5-6-7-8-9-10-12-17-14(15)11-13-16-2/h3-13H2,1-2H3. The molecule has 102 valence electrons. The van der Waals surface area contributed by atoms with Crippen LogP contribution in [0.15, 0.2) is 0 Å². The normalized spacial score (nSPS) is 10.5. The van der Waals surface area contributed by atoms with Gasteiger partial charge in [-0.1, -0.05) is 51.9 Å². The first kappa shape index (κ1) is 16.4. The lowest BCUT2D eigenvalue weighted by Gasteiger charge is -2.04. The van der Waals surface area contributed by atoms with E-state index in [2.05, 4.69) is 6.92 Å². The van der Waals surface area contributed by atoms with Crippen LogP contribution in [0.25, 0.3) is 0 Å².